The largest absolute Gasteiger partial charge is 0.463 e. The average Bonchev–Trinajstić information content (AvgIpc) is 3.09. The number of esters is 1. The molecule has 1 aliphatic heterocycles. The fraction of sp³-hybridized carbons (Fsp3) is 0.174. The van der Waals surface area contributed by atoms with Gasteiger partial charge in [-0.3, -0.25) is 9.36 Å². The van der Waals surface area contributed by atoms with Gasteiger partial charge in [-0.05, 0) is 71.0 Å². The van der Waals surface area contributed by atoms with Crippen LogP contribution in [0.15, 0.2) is 69.6 Å². The Balaban J connectivity index is 2.04. The summed E-state index contributed by atoms with van der Waals surface area (Å²) >= 11 is 8.93. The van der Waals surface area contributed by atoms with Gasteiger partial charge in [-0.1, -0.05) is 47.2 Å². The average molecular weight is 619 g/mol. The molecule has 1 aliphatic rings. The Hall–Kier alpha value is -2.44. The summed E-state index contributed by atoms with van der Waals surface area (Å²) in [7, 11) is 0. The van der Waals surface area contributed by atoms with Crippen molar-refractivity contribution in [1.82, 2.24) is 4.57 Å². The number of aromatic nitrogens is 1. The van der Waals surface area contributed by atoms with Gasteiger partial charge in [0.1, 0.15) is 0 Å². The number of hydrogen-bond acceptors (Lipinski definition) is 5. The minimum atomic E-state index is -4.95. The van der Waals surface area contributed by atoms with Crippen LogP contribution in [0.5, 0.6) is 0 Å². The first kappa shape index (κ1) is 24.7. The summed E-state index contributed by atoms with van der Waals surface area (Å²) < 4.78 is 49.4. The molecular formula is C23H15ClF3IN2O3S. The van der Waals surface area contributed by atoms with Crippen LogP contribution in [-0.4, -0.2) is 23.3 Å². The van der Waals surface area contributed by atoms with Gasteiger partial charge in [0.25, 0.3) is 5.56 Å². The number of thiazole rings is 1. The second kappa shape index (κ2) is 9.67. The van der Waals surface area contributed by atoms with Crippen molar-refractivity contribution in [2.24, 2.45) is 4.99 Å². The monoisotopic (exact) mass is 618 g/mol. The third kappa shape index (κ3) is 4.84. The lowest BCUT2D eigenvalue weighted by atomic mass is 9.95. The maximum absolute atomic E-state index is 14.1. The summed E-state index contributed by atoms with van der Waals surface area (Å²) in [6, 6.07) is 11.8. The Morgan fingerprint density at radius 1 is 1.21 bits per heavy atom. The van der Waals surface area contributed by atoms with Crippen molar-refractivity contribution in [3.05, 3.63) is 99.2 Å². The molecule has 2 heterocycles. The molecule has 0 saturated carbocycles. The van der Waals surface area contributed by atoms with Crippen LogP contribution >= 0.6 is 45.5 Å². The zero-order valence-electron chi connectivity index (χ0n) is 17.4. The number of benzene rings is 2. The third-order valence-corrected chi connectivity index (χ3v) is 6.90. The molecule has 0 spiro atoms. The van der Waals surface area contributed by atoms with Gasteiger partial charge in [0.2, 0.25) is 0 Å². The fourth-order valence-electron chi connectivity index (χ4n) is 3.51. The predicted octanol–water partition coefficient (Wildman–Crippen LogP) is 4.60. The van der Waals surface area contributed by atoms with E-state index >= 15 is 0 Å². The molecule has 0 N–H and O–H groups in total. The SMILES string of the molecule is CCOC(=O)C1=C(C(F)(F)F)N=c2s/c(=C\c3ccc(I)cc3)c(=O)n2[C@H]1c1ccc(Cl)cc1. The van der Waals surface area contributed by atoms with E-state index in [0.29, 0.717) is 10.6 Å². The van der Waals surface area contributed by atoms with Crippen molar-refractivity contribution in [3.63, 3.8) is 0 Å². The lowest BCUT2D eigenvalue weighted by Gasteiger charge is -2.26. The Morgan fingerprint density at radius 3 is 2.44 bits per heavy atom. The lowest BCUT2D eigenvalue weighted by Crippen LogP contribution is -2.41. The van der Waals surface area contributed by atoms with Crippen LogP contribution in [0.2, 0.25) is 5.02 Å². The number of fused-ring (bicyclic) bond motifs is 1. The number of allylic oxidation sites excluding steroid dienone is 1. The van der Waals surface area contributed by atoms with Crippen LogP contribution in [-0.2, 0) is 9.53 Å². The summed E-state index contributed by atoms with van der Waals surface area (Å²) in [5, 5.41) is 0.354. The standard InChI is InChI=1S/C23H15ClF3IN2O3S/c1-2-33-21(32)17-18(13-5-7-14(24)8-6-13)30-20(31)16(11-12-3-9-15(28)10-4-12)34-22(30)29-19(17)23(25,26)27/h3-11,18H,2H2,1H3/b16-11-/t18-/m0/s1. The van der Waals surface area contributed by atoms with E-state index in [4.69, 9.17) is 16.3 Å². The van der Waals surface area contributed by atoms with Crippen molar-refractivity contribution in [3.8, 4) is 0 Å². The van der Waals surface area contributed by atoms with Crippen molar-refractivity contribution in [2.75, 3.05) is 6.61 Å². The molecule has 2 aromatic carbocycles. The number of nitrogens with zero attached hydrogens (tertiary/aromatic N) is 2. The van der Waals surface area contributed by atoms with Gasteiger partial charge in [0, 0.05) is 8.59 Å². The van der Waals surface area contributed by atoms with E-state index in [-0.39, 0.29) is 21.5 Å². The van der Waals surface area contributed by atoms with Gasteiger partial charge < -0.3 is 4.74 Å². The van der Waals surface area contributed by atoms with Crippen LogP contribution in [0.3, 0.4) is 0 Å². The first-order valence-corrected chi connectivity index (χ1v) is 12.2. The van der Waals surface area contributed by atoms with Crippen LogP contribution in [0, 0.1) is 3.57 Å². The Morgan fingerprint density at radius 2 is 1.85 bits per heavy atom. The first-order valence-electron chi connectivity index (χ1n) is 9.91. The van der Waals surface area contributed by atoms with E-state index in [0.717, 1.165) is 19.5 Å². The lowest BCUT2D eigenvalue weighted by molar-refractivity contribution is -0.140. The van der Waals surface area contributed by atoms with Gasteiger partial charge in [0.15, 0.2) is 10.5 Å². The number of ether oxygens (including phenoxy) is 1. The zero-order valence-corrected chi connectivity index (χ0v) is 21.1. The molecule has 0 fully saturated rings. The molecule has 1 atom stereocenters. The maximum atomic E-state index is 14.1. The van der Waals surface area contributed by atoms with Crippen LogP contribution in [0.1, 0.15) is 24.1 Å². The summed E-state index contributed by atoms with van der Waals surface area (Å²) in [4.78, 5) is 29.7. The number of carbonyl (C=O) groups is 1. The number of halogens is 5. The van der Waals surface area contributed by atoms with E-state index < -0.39 is 35.0 Å². The highest BCUT2D eigenvalue weighted by Gasteiger charge is 2.45. The van der Waals surface area contributed by atoms with Crippen molar-refractivity contribution in [1.29, 1.82) is 0 Å². The van der Waals surface area contributed by atoms with Crippen LogP contribution in [0.25, 0.3) is 6.08 Å². The van der Waals surface area contributed by atoms with Gasteiger partial charge >= 0.3 is 12.1 Å². The van der Waals surface area contributed by atoms with E-state index in [9.17, 15) is 22.8 Å². The topological polar surface area (TPSA) is 60.7 Å². The van der Waals surface area contributed by atoms with Gasteiger partial charge in [-0.25, -0.2) is 9.79 Å². The van der Waals surface area contributed by atoms with Crippen LogP contribution < -0.4 is 14.9 Å². The predicted molar refractivity (Wildman–Crippen MR) is 131 cm³/mol. The molecular weight excluding hydrogens is 604 g/mol. The summed E-state index contributed by atoms with van der Waals surface area (Å²) in [6.45, 7) is 1.34. The Bertz CT molecular complexity index is 1460. The molecule has 0 bridgehead atoms. The maximum Gasteiger partial charge on any atom is 0.434 e. The van der Waals surface area contributed by atoms with E-state index in [2.05, 4.69) is 27.6 Å². The summed E-state index contributed by atoms with van der Waals surface area (Å²) in [5.41, 5.74) is -1.72. The Labute approximate surface area is 214 Å². The smallest absolute Gasteiger partial charge is 0.434 e. The molecule has 0 radical (unpaired) electrons. The van der Waals surface area contributed by atoms with Gasteiger partial charge in [0.05, 0.1) is 22.8 Å². The van der Waals surface area contributed by atoms with E-state index in [1.807, 2.05) is 12.1 Å². The molecule has 0 amide bonds. The second-order valence-corrected chi connectivity index (χ2v) is 9.86. The molecule has 5 nitrogen and oxygen atoms in total. The molecule has 1 aromatic heterocycles. The highest BCUT2D eigenvalue weighted by molar-refractivity contribution is 14.1. The molecule has 0 aliphatic carbocycles. The molecule has 34 heavy (non-hydrogen) atoms. The highest BCUT2D eigenvalue weighted by Crippen LogP contribution is 2.38. The number of hydrogen-bond donors (Lipinski definition) is 0. The number of alkyl halides is 3. The van der Waals surface area contributed by atoms with Gasteiger partial charge in [-0.15, -0.1) is 0 Å². The second-order valence-electron chi connectivity index (χ2n) is 7.17. The minimum absolute atomic E-state index is 0.141. The molecule has 0 saturated heterocycles. The first-order chi connectivity index (χ1) is 16.1. The molecule has 176 valence electrons. The van der Waals surface area contributed by atoms with E-state index in [1.54, 1.807) is 18.2 Å². The van der Waals surface area contributed by atoms with Crippen molar-refractivity contribution >= 4 is 57.6 Å². The van der Waals surface area contributed by atoms with Gasteiger partial charge in [-0.2, -0.15) is 13.2 Å². The normalized spacial score (nSPS) is 16.3. The Kier molecular flexibility index (Phi) is 7.02. The highest BCUT2D eigenvalue weighted by atomic mass is 127. The molecule has 4 rings (SSSR count). The van der Waals surface area contributed by atoms with Crippen LogP contribution in [0.4, 0.5) is 13.2 Å². The molecule has 3 aromatic rings. The van der Waals surface area contributed by atoms with Crippen molar-refractivity contribution in [2.45, 2.75) is 19.1 Å². The third-order valence-electron chi connectivity index (χ3n) is 4.95. The molecule has 0 unspecified atom stereocenters. The van der Waals surface area contributed by atoms with E-state index in [1.165, 1.54) is 31.2 Å². The number of rotatable bonds is 4. The minimum Gasteiger partial charge on any atom is -0.463 e. The molecule has 11 heteroatoms. The summed E-state index contributed by atoms with van der Waals surface area (Å²) in [5.74, 6) is -1.19. The van der Waals surface area contributed by atoms with Crippen molar-refractivity contribution < 1.29 is 22.7 Å². The fourth-order valence-corrected chi connectivity index (χ4v) is 5.00. The zero-order chi connectivity index (χ0) is 24.6. The summed E-state index contributed by atoms with van der Waals surface area (Å²) in [6.07, 6.45) is -3.36. The quantitative estimate of drug-likeness (QED) is 0.317. The number of carbonyl (C=O) groups excluding carboxylic acids is 1.